The van der Waals surface area contributed by atoms with Crippen LogP contribution in [0, 0.1) is 0 Å². The van der Waals surface area contributed by atoms with Gasteiger partial charge in [-0.2, -0.15) is 0 Å². The number of rotatable bonds is 6. The smallest absolute Gasteiger partial charge is 0.257 e. The van der Waals surface area contributed by atoms with Gasteiger partial charge in [0, 0.05) is 5.69 Å². The second-order valence-corrected chi connectivity index (χ2v) is 7.38. The lowest BCUT2D eigenvalue weighted by Crippen LogP contribution is -2.24. The molecule has 0 fully saturated rings. The number of oxazole rings is 1. The van der Waals surface area contributed by atoms with E-state index in [4.69, 9.17) is 4.42 Å². The SMILES string of the molecule is CCC(Sc1nc2ccccc2o1)C(=O)Nc1ccc(C(C)C)cc1. The summed E-state index contributed by atoms with van der Waals surface area (Å²) in [4.78, 5) is 17.0. The van der Waals surface area contributed by atoms with Gasteiger partial charge in [-0.1, -0.05) is 56.8 Å². The number of carbonyl (C=O) groups excluding carboxylic acids is 1. The van der Waals surface area contributed by atoms with Gasteiger partial charge < -0.3 is 9.73 Å². The summed E-state index contributed by atoms with van der Waals surface area (Å²) in [5.41, 5.74) is 3.62. The Labute approximate surface area is 152 Å². The second-order valence-electron chi connectivity index (χ2n) is 6.23. The Morgan fingerprint density at radius 3 is 2.52 bits per heavy atom. The maximum Gasteiger partial charge on any atom is 0.257 e. The van der Waals surface area contributed by atoms with Crippen molar-refractivity contribution in [1.29, 1.82) is 0 Å². The maximum atomic E-state index is 12.6. The van der Waals surface area contributed by atoms with Crippen LogP contribution in [0.4, 0.5) is 5.69 Å². The summed E-state index contributed by atoms with van der Waals surface area (Å²) in [5, 5.41) is 3.26. The molecule has 1 heterocycles. The minimum Gasteiger partial charge on any atom is -0.431 e. The summed E-state index contributed by atoms with van der Waals surface area (Å²) in [5.74, 6) is 0.440. The van der Waals surface area contributed by atoms with Crippen LogP contribution in [0.5, 0.6) is 0 Å². The van der Waals surface area contributed by atoms with E-state index in [1.54, 1.807) is 0 Å². The summed E-state index contributed by atoms with van der Waals surface area (Å²) in [6, 6.07) is 15.6. The first-order valence-corrected chi connectivity index (χ1v) is 9.38. The van der Waals surface area contributed by atoms with Crippen LogP contribution in [0.2, 0.25) is 0 Å². The number of amides is 1. The Balaban J connectivity index is 1.68. The van der Waals surface area contributed by atoms with Gasteiger partial charge in [-0.05, 0) is 42.2 Å². The molecule has 0 aliphatic heterocycles. The summed E-state index contributed by atoms with van der Waals surface area (Å²) in [6.45, 7) is 6.29. The summed E-state index contributed by atoms with van der Waals surface area (Å²) < 4.78 is 5.71. The third-order valence-electron chi connectivity index (χ3n) is 4.03. The molecular weight excluding hydrogens is 332 g/mol. The van der Waals surface area contributed by atoms with Gasteiger partial charge in [0.05, 0.1) is 5.25 Å². The highest BCUT2D eigenvalue weighted by Crippen LogP contribution is 2.29. The van der Waals surface area contributed by atoms with Crippen LogP contribution >= 0.6 is 11.8 Å². The highest BCUT2D eigenvalue weighted by molar-refractivity contribution is 8.00. The Bertz CT molecular complexity index is 823. The summed E-state index contributed by atoms with van der Waals surface area (Å²) in [6.07, 6.45) is 0.694. The zero-order chi connectivity index (χ0) is 17.8. The number of aromatic nitrogens is 1. The molecule has 2 aromatic carbocycles. The van der Waals surface area contributed by atoms with Gasteiger partial charge in [-0.25, -0.2) is 4.98 Å². The van der Waals surface area contributed by atoms with Gasteiger partial charge in [0.2, 0.25) is 5.91 Å². The van der Waals surface area contributed by atoms with Crippen molar-refractivity contribution in [2.45, 2.75) is 43.6 Å². The zero-order valence-corrected chi connectivity index (χ0v) is 15.5. The standard InChI is InChI=1S/C20H22N2O2S/c1-4-18(25-20-22-16-7-5-6-8-17(16)24-20)19(23)21-15-11-9-14(10-12-15)13(2)3/h5-13,18H,4H2,1-3H3,(H,21,23). The lowest BCUT2D eigenvalue weighted by atomic mass is 10.0. The molecular formula is C20H22N2O2S. The number of fused-ring (bicyclic) bond motifs is 1. The van der Waals surface area contributed by atoms with Gasteiger partial charge in [0.15, 0.2) is 5.58 Å². The van der Waals surface area contributed by atoms with Crippen molar-refractivity contribution in [3.63, 3.8) is 0 Å². The highest BCUT2D eigenvalue weighted by atomic mass is 32.2. The minimum atomic E-state index is -0.252. The second kappa shape index (κ2) is 7.74. The number of hydrogen-bond donors (Lipinski definition) is 1. The molecule has 1 unspecified atom stereocenters. The Morgan fingerprint density at radius 1 is 1.16 bits per heavy atom. The Kier molecular flexibility index (Phi) is 5.43. The molecule has 0 saturated heterocycles. The van der Waals surface area contributed by atoms with Crippen molar-refractivity contribution in [3.05, 3.63) is 54.1 Å². The van der Waals surface area contributed by atoms with Crippen molar-refractivity contribution in [2.75, 3.05) is 5.32 Å². The predicted octanol–water partition coefficient (Wildman–Crippen LogP) is 5.46. The molecule has 5 heteroatoms. The number of carbonyl (C=O) groups is 1. The topological polar surface area (TPSA) is 55.1 Å². The average molecular weight is 354 g/mol. The number of hydrogen-bond acceptors (Lipinski definition) is 4. The summed E-state index contributed by atoms with van der Waals surface area (Å²) >= 11 is 1.36. The number of nitrogens with zero attached hydrogens (tertiary/aromatic N) is 1. The molecule has 0 aliphatic rings. The number of anilines is 1. The molecule has 3 aromatic rings. The molecule has 1 N–H and O–H groups in total. The Hall–Kier alpha value is -2.27. The van der Waals surface area contributed by atoms with Crippen LogP contribution in [0.1, 0.15) is 38.7 Å². The predicted molar refractivity (Wildman–Crippen MR) is 103 cm³/mol. The van der Waals surface area contributed by atoms with E-state index in [1.807, 2.05) is 43.3 Å². The van der Waals surface area contributed by atoms with Crippen LogP contribution in [-0.4, -0.2) is 16.1 Å². The first-order valence-electron chi connectivity index (χ1n) is 8.50. The van der Waals surface area contributed by atoms with Crippen LogP contribution in [-0.2, 0) is 4.79 Å². The first-order chi connectivity index (χ1) is 12.1. The van der Waals surface area contributed by atoms with Crippen LogP contribution < -0.4 is 5.32 Å². The monoisotopic (exact) mass is 354 g/mol. The minimum absolute atomic E-state index is 0.0351. The maximum absolute atomic E-state index is 12.6. The molecule has 130 valence electrons. The largest absolute Gasteiger partial charge is 0.431 e. The number of nitrogens with one attached hydrogen (secondary N) is 1. The van der Waals surface area contributed by atoms with Crippen molar-refractivity contribution < 1.29 is 9.21 Å². The lowest BCUT2D eigenvalue weighted by Gasteiger charge is -2.13. The fraction of sp³-hybridized carbons (Fsp3) is 0.300. The van der Waals surface area contributed by atoms with E-state index >= 15 is 0 Å². The molecule has 0 saturated carbocycles. The number of thioether (sulfide) groups is 1. The Morgan fingerprint density at radius 2 is 1.88 bits per heavy atom. The van der Waals surface area contributed by atoms with Crippen molar-refractivity contribution in [2.24, 2.45) is 0 Å². The summed E-state index contributed by atoms with van der Waals surface area (Å²) in [7, 11) is 0. The molecule has 1 aromatic heterocycles. The molecule has 0 radical (unpaired) electrons. The van der Waals surface area contributed by atoms with E-state index in [-0.39, 0.29) is 11.2 Å². The molecule has 3 rings (SSSR count). The van der Waals surface area contributed by atoms with E-state index in [2.05, 4.69) is 36.3 Å². The number of para-hydroxylation sites is 2. The normalized spacial score (nSPS) is 12.5. The van der Waals surface area contributed by atoms with E-state index < -0.39 is 0 Å². The fourth-order valence-electron chi connectivity index (χ4n) is 2.52. The van der Waals surface area contributed by atoms with Crippen LogP contribution in [0.3, 0.4) is 0 Å². The van der Waals surface area contributed by atoms with Crippen molar-refractivity contribution in [3.8, 4) is 0 Å². The van der Waals surface area contributed by atoms with E-state index in [0.29, 0.717) is 17.6 Å². The lowest BCUT2D eigenvalue weighted by molar-refractivity contribution is -0.115. The molecule has 0 spiro atoms. The van der Waals surface area contributed by atoms with Crippen molar-refractivity contribution >= 4 is 34.5 Å². The highest BCUT2D eigenvalue weighted by Gasteiger charge is 2.21. The number of benzene rings is 2. The molecule has 0 aliphatic carbocycles. The zero-order valence-electron chi connectivity index (χ0n) is 14.7. The van der Waals surface area contributed by atoms with Crippen molar-refractivity contribution in [1.82, 2.24) is 4.98 Å². The van der Waals surface area contributed by atoms with Crippen LogP contribution in [0.25, 0.3) is 11.1 Å². The van der Waals surface area contributed by atoms with Gasteiger partial charge in [-0.3, -0.25) is 4.79 Å². The van der Waals surface area contributed by atoms with E-state index in [1.165, 1.54) is 17.3 Å². The average Bonchev–Trinajstić information content (AvgIpc) is 3.02. The van der Waals surface area contributed by atoms with E-state index in [9.17, 15) is 4.79 Å². The van der Waals surface area contributed by atoms with E-state index in [0.717, 1.165) is 16.8 Å². The van der Waals surface area contributed by atoms with Gasteiger partial charge in [0.1, 0.15) is 5.52 Å². The van der Waals surface area contributed by atoms with Gasteiger partial charge in [0.25, 0.3) is 5.22 Å². The van der Waals surface area contributed by atoms with Gasteiger partial charge >= 0.3 is 0 Å². The first kappa shape index (κ1) is 17.5. The third kappa shape index (κ3) is 4.23. The third-order valence-corrected chi connectivity index (χ3v) is 5.23. The molecule has 0 bridgehead atoms. The molecule has 25 heavy (non-hydrogen) atoms. The molecule has 4 nitrogen and oxygen atoms in total. The fourth-order valence-corrected chi connectivity index (χ4v) is 3.38. The molecule has 1 atom stereocenters. The van der Waals surface area contributed by atoms with Crippen LogP contribution in [0.15, 0.2) is 58.2 Å². The quantitative estimate of drug-likeness (QED) is 0.597. The molecule has 1 amide bonds. The van der Waals surface area contributed by atoms with Gasteiger partial charge in [-0.15, -0.1) is 0 Å².